The highest BCUT2D eigenvalue weighted by Crippen LogP contribution is 2.12. The monoisotopic (exact) mass is 204 g/mol. The molecule has 1 aliphatic heterocycles. The molecule has 0 aromatic heterocycles. The van der Waals surface area contributed by atoms with Crippen molar-refractivity contribution in [2.45, 2.75) is 31.8 Å². The van der Waals surface area contributed by atoms with Gasteiger partial charge in [0, 0.05) is 12.6 Å². The fourth-order valence-corrected chi connectivity index (χ4v) is 2.18. The number of nitrogens with two attached hydrogens (primary N) is 1. The molecule has 1 fully saturated rings. The van der Waals surface area contributed by atoms with Crippen LogP contribution < -0.4 is 5.73 Å². The highest BCUT2D eigenvalue weighted by atomic mass is 15.1. The molecule has 1 saturated heterocycles. The van der Waals surface area contributed by atoms with Crippen LogP contribution in [0.25, 0.3) is 0 Å². The number of hydrogen-bond donors (Lipinski definition) is 1. The standard InChI is InChI=1S/C13H20N2/c14-13-7-4-9-15(10-8-13)11-12-5-2-1-3-6-12/h1-3,5-6,13H,4,7-11,14H2. The fraction of sp³-hybridized carbons (Fsp3) is 0.538. The number of hydrogen-bond acceptors (Lipinski definition) is 2. The molecule has 0 saturated carbocycles. The minimum atomic E-state index is 0.422. The van der Waals surface area contributed by atoms with E-state index in [4.69, 9.17) is 5.73 Å². The van der Waals surface area contributed by atoms with Crippen LogP contribution in [0.2, 0.25) is 0 Å². The Morgan fingerprint density at radius 2 is 1.93 bits per heavy atom. The summed E-state index contributed by atoms with van der Waals surface area (Å²) in [7, 11) is 0. The van der Waals surface area contributed by atoms with Crippen molar-refractivity contribution in [1.29, 1.82) is 0 Å². The van der Waals surface area contributed by atoms with Crippen molar-refractivity contribution in [1.82, 2.24) is 4.90 Å². The largest absolute Gasteiger partial charge is 0.328 e. The van der Waals surface area contributed by atoms with Crippen LogP contribution in [-0.2, 0) is 6.54 Å². The Morgan fingerprint density at radius 3 is 2.73 bits per heavy atom. The van der Waals surface area contributed by atoms with Gasteiger partial charge in [-0.25, -0.2) is 0 Å². The predicted molar refractivity (Wildman–Crippen MR) is 63.5 cm³/mol. The molecule has 82 valence electrons. The third-order valence-electron chi connectivity index (χ3n) is 3.11. The maximum atomic E-state index is 5.96. The van der Waals surface area contributed by atoms with Crippen molar-refractivity contribution < 1.29 is 0 Å². The molecule has 0 amide bonds. The van der Waals surface area contributed by atoms with Crippen LogP contribution >= 0.6 is 0 Å². The SMILES string of the molecule is NC1CCCN(Cc2ccccc2)CC1. The maximum Gasteiger partial charge on any atom is 0.0233 e. The number of rotatable bonds is 2. The summed E-state index contributed by atoms with van der Waals surface area (Å²) in [5.41, 5.74) is 7.37. The maximum absolute atomic E-state index is 5.96. The summed E-state index contributed by atoms with van der Waals surface area (Å²) in [6, 6.07) is 11.1. The second-order valence-electron chi connectivity index (χ2n) is 4.45. The van der Waals surface area contributed by atoms with Crippen molar-refractivity contribution >= 4 is 0 Å². The average molecular weight is 204 g/mol. The van der Waals surface area contributed by atoms with Crippen LogP contribution in [0, 0.1) is 0 Å². The first-order valence-electron chi connectivity index (χ1n) is 5.86. The molecule has 2 heteroatoms. The van der Waals surface area contributed by atoms with Gasteiger partial charge in [-0.3, -0.25) is 4.90 Å². The molecule has 1 aromatic carbocycles. The molecule has 2 nitrogen and oxygen atoms in total. The Bertz CT molecular complexity index is 284. The van der Waals surface area contributed by atoms with Crippen molar-refractivity contribution in [3.8, 4) is 0 Å². The molecule has 0 spiro atoms. The molecule has 15 heavy (non-hydrogen) atoms. The Labute approximate surface area is 92.1 Å². The van der Waals surface area contributed by atoms with Gasteiger partial charge >= 0.3 is 0 Å². The lowest BCUT2D eigenvalue weighted by Gasteiger charge is -2.19. The topological polar surface area (TPSA) is 29.3 Å². The quantitative estimate of drug-likeness (QED) is 0.798. The Morgan fingerprint density at radius 1 is 1.13 bits per heavy atom. The molecule has 1 atom stereocenters. The summed E-state index contributed by atoms with van der Waals surface area (Å²) in [6.07, 6.45) is 3.58. The zero-order valence-electron chi connectivity index (χ0n) is 9.23. The van der Waals surface area contributed by atoms with Crippen LogP contribution in [0.15, 0.2) is 30.3 Å². The van der Waals surface area contributed by atoms with Crippen molar-refractivity contribution in [3.05, 3.63) is 35.9 Å². The van der Waals surface area contributed by atoms with Crippen molar-refractivity contribution in [2.24, 2.45) is 5.73 Å². The summed E-state index contributed by atoms with van der Waals surface area (Å²) in [6.45, 7) is 3.42. The fourth-order valence-electron chi connectivity index (χ4n) is 2.18. The summed E-state index contributed by atoms with van der Waals surface area (Å²) in [5.74, 6) is 0. The van der Waals surface area contributed by atoms with Crippen LogP contribution in [-0.4, -0.2) is 24.0 Å². The molecule has 1 heterocycles. The second kappa shape index (κ2) is 5.29. The van der Waals surface area contributed by atoms with Gasteiger partial charge in [0.25, 0.3) is 0 Å². The zero-order valence-corrected chi connectivity index (χ0v) is 9.23. The first-order chi connectivity index (χ1) is 7.34. The van der Waals surface area contributed by atoms with Gasteiger partial charge in [0.15, 0.2) is 0 Å². The van der Waals surface area contributed by atoms with Gasteiger partial charge in [-0.2, -0.15) is 0 Å². The molecular formula is C13H20N2. The first kappa shape index (κ1) is 10.7. The van der Waals surface area contributed by atoms with Gasteiger partial charge in [-0.05, 0) is 37.9 Å². The first-order valence-corrected chi connectivity index (χ1v) is 5.86. The molecule has 2 rings (SSSR count). The Balaban J connectivity index is 1.89. The Kier molecular flexibility index (Phi) is 3.75. The van der Waals surface area contributed by atoms with Gasteiger partial charge in [0.05, 0.1) is 0 Å². The highest BCUT2D eigenvalue weighted by Gasteiger charge is 2.13. The molecule has 0 aliphatic carbocycles. The van der Waals surface area contributed by atoms with Crippen molar-refractivity contribution in [3.63, 3.8) is 0 Å². The van der Waals surface area contributed by atoms with E-state index >= 15 is 0 Å². The van der Waals surface area contributed by atoms with E-state index in [1.807, 2.05) is 0 Å². The molecule has 1 aromatic rings. The lowest BCUT2D eigenvalue weighted by atomic mass is 10.1. The predicted octanol–water partition coefficient (Wildman–Crippen LogP) is 2.00. The van der Waals surface area contributed by atoms with Crippen LogP contribution in [0.4, 0.5) is 0 Å². The van der Waals surface area contributed by atoms with E-state index in [-0.39, 0.29) is 0 Å². The van der Waals surface area contributed by atoms with Crippen LogP contribution in [0.3, 0.4) is 0 Å². The van der Waals surface area contributed by atoms with E-state index in [1.165, 1.54) is 24.9 Å². The minimum Gasteiger partial charge on any atom is -0.328 e. The zero-order chi connectivity index (χ0) is 10.5. The molecule has 1 unspecified atom stereocenters. The molecule has 0 radical (unpaired) electrons. The van der Waals surface area contributed by atoms with Gasteiger partial charge < -0.3 is 5.73 Å². The van der Waals surface area contributed by atoms with E-state index in [0.29, 0.717) is 6.04 Å². The molecule has 0 bridgehead atoms. The van der Waals surface area contributed by atoms with E-state index in [1.54, 1.807) is 0 Å². The summed E-state index contributed by atoms with van der Waals surface area (Å²) >= 11 is 0. The van der Waals surface area contributed by atoms with Crippen LogP contribution in [0.1, 0.15) is 24.8 Å². The number of benzene rings is 1. The third-order valence-corrected chi connectivity index (χ3v) is 3.11. The molecule has 2 N–H and O–H groups in total. The van der Waals surface area contributed by atoms with Gasteiger partial charge in [0.2, 0.25) is 0 Å². The van der Waals surface area contributed by atoms with Gasteiger partial charge in [0.1, 0.15) is 0 Å². The van der Waals surface area contributed by atoms with Gasteiger partial charge in [-0.1, -0.05) is 30.3 Å². The van der Waals surface area contributed by atoms with E-state index in [2.05, 4.69) is 35.2 Å². The van der Waals surface area contributed by atoms with E-state index < -0.39 is 0 Å². The Hall–Kier alpha value is -0.860. The number of nitrogens with zero attached hydrogens (tertiary/aromatic N) is 1. The van der Waals surface area contributed by atoms with Crippen molar-refractivity contribution in [2.75, 3.05) is 13.1 Å². The third kappa shape index (κ3) is 3.33. The van der Waals surface area contributed by atoms with Crippen LogP contribution in [0.5, 0.6) is 0 Å². The molecular weight excluding hydrogens is 184 g/mol. The summed E-state index contributed by atoms with van der Waals surface area (Å²) in [4.78, 5) is 2.52. The summed E-state index contributed by atoms with van der Waals surface area (Å²) in [5, 5.41) is 0. The highest BCUT2D eigenvalue weighted by molar-refractivity contribution is 5.14. The van der Waals surface area contributed by atoms with Gasteiger partial charge in [-0.15, -0.1) is 0 Å². The smallest absolute Gasteiger partial charge is 0.0233 e. The average Bonchev–Trinajstić information content (AvgIpc) is 2.46. The lowest BCUT2D eigenvalue weighted by molar-refractivity contribution is 0.276. The lowest BCUT2D eigenvalue weighted by Crippen LogP contribution is -2.26. The number of likely N-dealkylation sites (tertiary alicyclic amines) is 1. The van der Waals surface area contributed by atoms with E-state index in [9.17, 15) is 0 Å². The normalized spacial score (nSPS) is 23.7. The minimum absolute atomic E-state index is 0.422. The van der Waals surface area contributed by atoms with E-state index in [0.717, 1.165) is 19.5 Å². The second-order valence-corrected chi connectivity index (χ2v) is 4.45. The summed E-state index contributed by atoms with van der Waals surface area (Å²) < 4.78 is 0. The molecule has 1 aliphatic rings.